The third kappa shape index (κ3) is 3.34. The fourth-order valence-corrected chi connectivity index (χ4v) is 3.32. The zero-order chi connectivity index (χ0) is 14.8. The van der Waals surface area contributed by atoms with Gasteiger partial charge in [-0.25, -0.2) is 17.5 Å². The molecule has 20 heavy (non-hydrogen) atoms. The predicted octanol–water partition coefficient (Wildman–Crippen LogP) is 1.48. The highest BCUT2D eigenvalue weighted by molar-refractivity contribution is 7.89. The van der Waals surface area contributed by atoms with E-state index in [0.29, 0.717) is 5.56 Å². The molecule has 0 aliphatic carbocycles. The second-order valence-corrected chi connectivity index (χ2v) is 6.65. The maximum atomic E-state index is 13.0. The Bertz CT molecular complexity index is 687. The van der Waals surface area contributed by atoms with Crippen LogP contribution in [0.1, 0.15) is 11.7 Å². The summed E-state index contributed by atoms with van der Waals surface area (Å²) < 4.78 is 39.2. The van der Waals surface area contributed by atoms with Crippen molar-refractivity contribution in [2.75, 3.05) is 12.3 Å². The minimum Gasteiger partial charge on any atom is -0.396 e. The smallest absolute Gasteiger partial charge is 0.240 e. The average molecular weight is 316 g/mol. The van der Waals surface area contributed by atoms with Crippen LogP contribution in [0.15, 0.2) is 39.9 Å². The summed E-state index contributed by atoms with van der Waals surface area (Å²) in [7, 11) is -3.84. The lowest BCUT2D eigenvalue weighted by Gasteiger charge is -2.11. The average Bonchev–Trinajstić information content (AvgIpc) is 2.93. The molecule has 0 fully saturated rings. The number of halogens is 1. The van der Waals surface area contributed by atoms with Crippen LogP contribution in [0.5, 0.6) is 0 Å². The zero-order valence-electron chi connectivity index (χ0n) is 10.3. The number of anilines is 1. The summed E-state index contributed by atoms with van der Waals surface area (Å²) in [5.41, 5.74) is 5.73. The number of hydrogen-bond donors (Lipinski definition) is 3. The van der Waals surface area contributed by atoms with Crippen molar-refractivity contribution < 1.29 is 17.9 Å². The minimum absolute atomic E-state index is 0.145. The van der Waals surface area contributed by atoms with Crippen LogP contribution in [-0.4, -0.2) is 20.1 Å². The van der Waals surface area contributed by atoms with Crippen molar-refractivity contribution in [1.82, 2.24) is 4.72 Å². The van der Waals surface area contributed by atoms with Crippen LogP contribution < -0.4 is 10.5 Å². The first-order valence-electron chi connectivity index (χ1n) is 5.65. The molecule has 4 N–H and O–H groups in total. The van der Waals surface area contributed by atoms with Crippen LogP contribution in [0, 0.1) is 5.82 Å². The molecule has 2 aromatic rings. The summed E-state index contributed by atoms with van der Waals surface area (Å²) in [5.74, 6) is -0.678. The normalized spacial score (nSPS) is 13.3. The van der Waals surface area contributed by atoms with Gasteiger partial charge in [-0.15, -0.1) is 0 Å². The number of nitrogen functional groups attached to an aromatic ring is 1. The topological polar surface area (TPSA) is 92.4 Å². The fourth-order valence-electron chi connectivity index (χ4n) is 1.54. The maximum Gasteiger partial charge on any atom is 0.240 e. The Balaban J connectivity index is 2.09. The van der Waals surface area contributed by atoms with E-state index in [0.717, 1.165) is 18.2 Å². The van der Waals surface area contributed by atoms with Gasteiger partial charge < -0.3 is 10.8 Å². The van der Waals surface area contributed by atoms with E-state index in [4.69, 9.17) is 5.73 Å². The van der Waals surface area contributed by atoms with Gasteiger partial charge in [0.2, 0.25) is 10.0 Å². The van der Waals surface area contributed by atoms with Gasteiger partial charge >= 0.3 is 0 Å². The van der Waals surface area contributed by atoms with E-state index in [1.807, 2.05) is 0 Å². The van der Waals surface area contributed by atoms with E-state index in [-0.39, 0.29) is 17.1 Å². The summed E-state index contributed by atoms with van der Waals surface area (Å²) in [6.45, 7) is -0.170. The molecule has 0 aliphatic heterocycles. The first kappa shape index (κ1) is 14.9. The Labute approximate surface area is 119 Å². The van der Waals surface area contributed by atoms with Gasteiger partial charge in [-0.3, -0.25) is 0 Å². The molecule has 5 nitrogen and oxygen atoms in total. The molecule has 0 bridgehead atoms. The van der Waals surface area contributed by atoms with E-state index < -0.39 is 21.9 Å². The Morgan fingerprint density at radius 3 is 2.75 bits per heavy atom. The van der Waals surface area contributed by atoms with Crippen LogP contribution in [0.3, 0.4) is 0 Å². The van der Waals surface area contributed by atoms with E-state index in [9.17, 15) is 17.9 Å². The third-order valence-electron chi connectivity index (χ3n) is 2.67. The Kier molecular flexibility index (Phi) is 4.39. The molecule has 1 atom stereocenters. The number of aliphatic hydroxyl groups is 1. The molecular weight excluding hydrogens is 303 g/mol. The van der Waals surface area contributed by atoms with Gasteiger partial charge in [0.15, 0.2) is 0 Å². The molecular formula is C12H13FN2O3S2. The number of rotatable bonds is 5. The highest BCUT2D eigenvalue weighted by Crippen LogP contribution is 2.18. The number of nitrogens with one attached hydrogen (secondary N) is 1. The summed E-state index contributed by atoms with van der Waals surface area (Å²) in [5, 5.41) is 13.3. The molecule has 0 amide bonds. The SMILES string of the molecule is Nc1cc(S(=O)(=O)NCC(O)c2ccsc2)ccc1F. The Hall–Kier alpha value is -1.48. The summed E-state index contributed by atoms with van der Waals surface area (Å²) in [4.78, 5) is -0.145. The molecule has 0 spiro atoms. The van der Waals surface area contributed by atoms with Gasteiger partial charge in [0.05, 0.1) is 16.7 Å². The van der Waals surface area contributed by atoms with Crippen LogP contribution in [0.2, 0.25) is 0 Å². The van der Waals surface area contributed by atoms with Gasteiger partial charge in [0.1, 0.15) is 5.82 Å². The molecule has 0 saturated heterocycles. The summed E-state index contributed by atoms with van der Waals surface area (Å²) in [6.07, 6.45) is -0.936. The fraction of sp³-hybridized carbons (Fsp3) is 0.167. The molecule has 8 heteroatoms. The van der Waals surface area contributed by atoms with Gasteiger partial charge in [0, 0.05) is 6.54 Å². The first-order valence-corrected chi connectivity index (χ1v) is 8.07. The van der Waals surface area contributed by atoms with Crippen LogP contribution in [0.4, 0.5) is 10.1 Å². The van der Waals surface area contributed by atoms with E-state index >= 15 is 0 Å². The lowest BCUT2D eigenvalue weighted by Crippen LogP contribution is -2.28. The monoisotopic (exact) mass is 316 g/mol. The van der Waals surface area contributed by atoms with Crippen LogP contribution in [-0.2, 0) is 10.0 Å². The zero-order valence-corrected chi connectivity index (χ0v) is 11.9. The maximum absolute atomic E-state index is 13.0. The van der Waals surface area contributed by atoms with Gasteiger partial charge in [-0.1, -0.05) is 0 Å². The largest absolute Gasteiger partial charge is 0.396 e. The van der Waals surface area contributed by atoms with Crippen molar-refractivity contribution in [3.63, 3.8) is 0 Å². The standard InChI is InChI=1S/C12H13FN2O3S2/c13-10-2-1-9(5-11(10)14)20(17,18)15-6-12(16)8-3-4-19-7-8/h1-5,7,12,15-16H,6,14H2. The van der Waals surface area contributed by atoms with Crippen molar-refractivity contribution in [3.8, 4) is 0 Å². The third-order valence-corrected chi connectivity index (χ3v) is 4.80. The van der Waals surface area contributed by atoms with Gasteiger partial charge in [0.25, 0.3) is 0 Å². The quantitative estimate of drug-likeness (QED) is 0.729. The number of hydrogen-bond acceptors (Lipinski definition) is 5. The second kappa shape index (κ2) is 5.88. The van der Waals surface area contributed by atoms with Crippen LogP contribution >= 0.6 is 11.3 Å². The van der Waals surface area contributed by atoms with Gasteiger partial charge in [-0.2, -0.15) is 11.3 Å². The lowest BCUT2D eigenvalue weighted by molar-refractivity contribution is 0.182. The molecule has 108 valence electrons. The molecule has 0 radical (unpaired) electrons. The number of thiophene rings is 1. The second-order valence-electron chi connectivity index (χ2n) is 4.11. The van der Waals surface area contributed by atoms with Crippen molar-refractivity contribution in [2.24, 2.45) is 0 Å². The molecule has 2 rings (SSSR count). The number of benzene rings is 1. The minimum atomic E-state index is -3.84. The Morgan fingerprint density at radius 2 is 2.15 bits per heavy atom. The van der Waals surface area contributed by atoms with Crippen molar-refractivity contribution >= 4 is 27.0 Å². The molecule has 1 heterocycles. The highest BCUT2D eigenvalue weighted by atomic mass is 32.2. The molecule has 1 aromatic carbocycles. The lowest BCUT2D eigenvalue weighted by atomic mass is 10.2. The van der Waals surface area contributed by atoms with Crippen LogP contribution in [0.25, 0.3) is 0 Å². The van der Waals surface area contributed by atoms with E-state index in [2.05, 4.69) is 4.72 Å². The summed E-state index contributed by atoms with van der Waals surface area (Å²) in [6, 6.07) is 4.85. The number of sulfonamides is 1. The molecule has 1 unspecified atom stereocenters. The Morgan fingerprint density at radius 1 is 1.40 bits per heavy atom. The predicted molar refractivity (Wildman–Crippen MR) is 75.3 cm³/mol. The number of nitrogens with two attached hydrogens (primary N) is 1. The molecule has 0 saturated carbocycles. The van der Waals surface area contributed by atoms with Crippen molar-refractivity contribution in [2.45, 2.75) is 11.0 Å². The van der Waals surface area contributed by atoms with E-state index in [1.165, 1.54) is 11.3 Å². The van der Waals surface area contributed by atoms with Crippen molar-refractivity contribution in [3.05, 3.63) is 46.4 Å². The van der Waals surface area contributed by atoms with Crippen molar-refractivity contribution in [1.29, 1.82) is 0 Å². The molecule has 1 aromatic heterocycles. The van der Waals surface area contributed by atoms with Gasteiger partial charge in [-0.05, 0) is 40.6 Å². The summed E-state index contributed by atoms with van der Waals surface area (Å²) >= 11 is 1.41. The number of aliphatic hydroxyl groups excluding tert-OH is 1. The van der Waals surface area contributed by atoms with E-state index in [1.54, 1.807) is 16.8 Å². The highest BCUT2D eigenvalue weighted by Gasteiger charge is 2.18. The first-order chi connectivity index (χ1) is 9.40. The molecule has 0 aliphatic rings.